The number of hydroxylamine groups is 1. The summed E-state index contributed by atoms with van der Waals surface area (Å²) >= 11 is 6.97. The van der Waals surface area contributed by atoms with E-state index >= 15 is 0 Å². The Morgan fingerprint density at radius 1 is 1.44 bits per heavy atom. The van der Waals surface area contributed by atoms with Crippen molar-refractivity contribution >= 4 is 31.9 Å². The Bertz CT molecular complexity index is 412. The highest BCUT2D eigenvalue weighted by Crippen LogP contribution is 2.47. The molecule has 1 atom stereocenters. The van der Waals surface area contributed by atoms with Gasteiger partial charge in [-0.15, -0.1) is 0 Å². The van der Waals surface area contributed by atoms with E-state index in [1.165, 1.54) is 0 Å². The molecule has 16 heavy (non-hydrogen) atoms. The van der Waals surface area contributed by atoms with Crippen molar-refractivity contribution in [3.8, 4) is 11.5 Å². The molecule has 0 spiro atoms. The maximum atomic E-state index is 5.60. The molecule has 1 aliphatic rings. The fraction of sp³-hybridized carbons (Fsp3) is 0.400. The van der Waals surface area contributed by atoms with Crippen molar-refractivity contribution in [1.29, 1.82) is 0 Å². The van der Waals surface area contributed by atoms with Crippen LogP contribution >= 0.6 is 31.9 Å². The Kier molecular flexibility index (Phi) is 3.73. The fourth-order valence-corrected chi connectivity index (χ4v) is 2.97. The lowest BCUT2D eigenvalue weighted by Gasteiger charge is -2.13. The monoisotopic (exact) mass is 351 g/mol. The summed E-state index contributed by atoms with van der Waals surface area (Å²) in [5, 5.41) is 0. The van der Waals surface area contributed by atoms with E-state index in [4.69, 9.17) is 14.3 Å². The van der Waals surface area contributed by atoms with E-state index in [-0.39, 0.29) is 6.04 Å². The van der Waals surface area contributed by atoms with Crippen molar-refractivity contribution in [3.63, 3.8) is 0 Å². The van der Waals surface area contributed by atoms with Crippen molar-refractivity contribution in [2.45, 2.75) is 6.04 Å². The van der Waals surface area contributed by atoms with Crippen LogP contribution in [0.2, 0.25) is 0 Å². The quantitative estimate of drug-likeness (QED) is 0.849. The number of hydrogen-bond acceptors (Lipinski definition) is 4. The lowest BCUT2D eigenvalue weighted by Crippen LogP contribution is -2.21. The number of ether oxygens (including phenoxy) is 2. The van der Waals surface area contributed by atoms with Gasteiger partial charge in [-0.05, 0) is 37.9 Å². The van der Waals surface area contributed by atoms with Gasteiger partial charge in [0.1, 0.15) is 18.1 Å². The lowest BCUT2D eigenvalue weighted by atomic mass is 10.1. The van der Waals surface area contributed by atoms with E-state index in [2.05, 4.69) is 37.3 Å². The molecular formula is C10H11Br2NO3. The zero-order valence-electron chi connectivity index (χ0n) is 8.84. The topological polar surface area (TPSA) is 39.7 Å². The molecule has 0 bridgehead atoms. The average molecular weight is 353 g/mol. The first-order valence-electron chi connectivity index (χ1n) is 4.66. The van der Waals surface area contributed by atoms with Gasteiger partial charge in [0.25, 0.3) is 0 Å². The summed E-state index contributed by atoms with van der Waals surface area (Å²) in [4.78, 5) is 4.94. The first kappa shape index (κ1) is 12.2. The van der Waals surface area contributed by atoms with Gasteiger partial charge in [-0.3, -0.25) is 0 Å². The van der Waals surface area contributed by atoms with Gasteiger partial charge < -0.3 is 14.3 Å². The minimum Gasteiger partial charge on any atom is -0.496 e. The maximum absolute atomic E-state index is 5.60. The summed E-state index contributed by atoms with van der Waals surface area (Å²) in [5.74, 6) is 1.58. The molecule has 1 aromatic carbocycles. The van der Waals surface area contributed by atoms with Gasteiger partial charge in [0.05, 0.1) is 29.2 Å². The molecule has 0 saturated carbocycles. The van der Waals surface area contributed by atoms with Crippen molar-refractivity contribution in [1.82, 2.24) is 5.48 Å². The van der Waals surface area contributed by atoms with E-state index in [0.29, 0.717) is 6.61 Å². The second kappa shape index (κ2) is 4.91. The van der Waals surface area contributed by atoms with Gasteiger partial charge in [0, 0.05) is 5.56 Å². The second-order valence-electron chi connectivity index (χ2n) is 3.30. The Hall–Kier alpha value is -0.300. The van der Waals surface area contributed by atoms with Gasteiger partial charge in [0.2, 0.25) is 0 Å². The maximum Gasteiger partial charge on any atom is 0.139 e. The summed E-state index contributed by atoms with van der Waals surface area (Å²) in [7, 11) is 3.22. The van der Waals surface area contributed by atoms with Crippen LogP contribution in [0.4, 0.5) is 0 Å². The van der Waals surface area contributed by atoms with Crippen LogP contribution in [0.25, 0.3) is 0 Å². The van der Waals surface area contributed by atoms with Gasteiger partial charge in [-0.2, -0.15) is 5.48 Å². The number of rotatable bonds is 3. The normalized spacial score (nSPS) is 18.1. The van der Waals surface area contributed by atoms with Crippen LogP contribution in [-0.4, -0.2) is 20.8 Å². The van der Waals surface area contributed by atoms with Gasteiger partial charge in [-0.25, -0.2) is 0 Å². The van der Waals surface area contributed by atoms with E-state index < -0.39 is 0 Å². The highest BCUT2D eigenvalue weighted by Gasteiger charge is 2.30. The largest absolute Gasteiger partial charge is 0.496 e. The molecule has 0 amide bonds. The third kappa shape index (κ3) is 1.95. The summed E-state index contributed by atoms with van der Waals surface area (Å²) in [6.07, 6.45) is 0. The van der Waals surface area contributed by atoms with E-state index in [9.17, 15) is 0 Å². The van der Waals surface area contributed by atoms with Crippen LogP contribution in [-0.2, 0) is 4.84 Å². The number of hydrogen-bond donors (Lipinski definition) is 1. The van der Waals surface area contributed by atoms with E-state index in [1.54, 1.807) is 14.2 Å². The van der Waals surface area contributed by atoms with Gasteiger partial charge in [0.15, 0.2) is 0 Å². The summed E-state index contributed by atoms with van der Waals surface area (Å²) in [6, 6.07) is 1.87. The summed E-state index contributed by atoms with van der Waals surface area (Å²) < 4.78 is 12.6. The number of methoxy groups -OCH3 is 1. The van der Waals surface area contributed by atoms with Crippen LogP contribution in [0.15, 0.2) is 15.0 Å². The average Bonchev–Trinajstić information content (AvgIpc) is 2.68. The second-order valence-corrected chi connectivity index (χ2v) is 4.95. The van der Waals surface area contributed by atoms with Crippen LogP contribution < -0.4 is 15.0 Å². The zero-order chi connectivity index (χ0) is 11.7. The van der Waals surface area contributed by atoms with Crippen LogP contribution in [0.5, 0.6) is 11.5 Å². The Morgan fingerprint density at radius 3 is 2.81 bits per heavy atom. The molecule has 0 radical (unpaired) electrons. The molecule has 88 valence electrons. The number of nitrogens with one attached hydrogen (secondary N) is 1. The molecule has 0 aliphatic carbocycles. The number of halogens is 2. The molecule has 4 nitrogen and oxygen atoms in total. The molecule has 2 rings (SSSR count). The number of benzene rings is 1. The SMILES string of the molecule is CONC1COc2c(Br)cc(OC)c(Br)c21. The molecule has 1 unspecified atom stereocenters. The predicted octanol–water partition coefficient (Wildman–Crippen LogP) is 2.80. The molecule has 0 aromatic heterocycles. The number of fused-ring (bicyclic) bond motifs is 1. The molecule has 1 heterocycles. The standard InChI is InChI=1S/C10H11Br2NO3/c1-14-7-3-5(11)10-8(9(7)12)6(4-16-10)13-15-2/h3,6,13H,4H2,1-2H3. The molecule has 1 N–H and O–H groups in total. The first-order chi connectivity index (χ1) is 7.69. The van der Waals surface area contributed by atoms with Gasteiger partial charge >= 0.3 is 0 Å². The Labute approximate surface area is 110 Å². The van der Waals surface area contributed by atoms with Crippen molar-refractivity contribution in [2.24, 2.45) is 0 Å². The summed E-state index contributed by atoms with van der Waals surface area (Å²) in [5.41, 5.74) is 3.90. The van der Waals surface area contributed by atoms with Crippen molar-refractivity contribution in [3.05, 3.63) is 20.6 Å². The van der Waals surface area contributed by atoms with Gasteiger partial charge in [-0.1, -0.05) is 0 Å². The minimum atomic E-state index is 0.000718. The molecule has 0 saturated heterocycles. The molecule has 1 aromatic rings. The van der Waals surface area contributed by atoms with Crippen molar-refractivity contribution < 1.29 is 14.3 Å². The third-order valence-electron chi connectivity index (χ3n) is 2.39. The van der Waals surface area contributed by atoms with Crippen LogP contribution in [0.1, 0.15) is 11.6 Å². The Balaban J connectivity index is 2.50. The summed E-state index contributed by atoms with van der Waals surface area (Å²) in [6.45, 7) is 0.535. The molecule has 6 heteroatoms. The minimum absolute atomic E-state index is 0.000718. The lowest BCUT2D eigenvalue weighted by molar-refractivity contribution is 0.0534. The van der Waals surface area contributed by atoms with E-state index in [0.717, 1.165) is 26.0 Å². The third-order valence-corrected chi connectivity index (χ3v) is 3.80. The van der Waals surface area contributed by atoms with E-state index in [1.807, 2.05) is 6.07 Å². The highest BCUT2D eigenvalue weighted by molar-refractivity contribution is 9.11. The zero-order valence-corrected chi connectivity index (χ0v) is 12.0. The Morgan fingerprint density at radius 2 is 2.19 bits per heavy atom. The first-order valence-corrected chi connectivity index (χ1v) is 6.24. The predicted molar refractivity (Wildman–Crippen MR) is 66.8 cm³/mol. The van der Waals surface area contributed by atoms with Crippen molar-refractivity contribution in [2.75, 3.05) is 20.8 Å². The fourth-order valence-electron chi connectivity index (χ4n) is 1.70. The molecule has 1 aliphatic heterocycles. The smallest absolute Gasteiger partial charge is 0.139 e. The molecular weight excluding hydrogens is 342 g/mol. The van der Waals surface area contributed by atoms with Crippen LogP contribution in [0, 0.1) is 0 Å². The highest BCUT2D eigenvalue weighted by atomic mass is 79.9. The van der Waals surface area contributed by atoms with Crippen LogP contribution in [0.3, 0.4) is 0 Å². The molecule has 0 fully saturated rings.